The second kappa shape index (κ2) is 6.00. The molecule has 1 amide bonds. The molecule has 0 aromatic heterocycles. The van der Waals surface area contributed by atoms with Crippen LogP contribution in [0, 0.1) is 0 Å². The second-order valence-electron chi connectivity index (χ2n) is 4.08. The first kappa shape index (κ1) is 15.1. The Bertz CT molecular complexity index is 350. The van der Waals surface area contributed by atoms with Crippen LogP contribution in [0.1, 0.15) is 33.1 Å². The van der Waals surface area contributed by atoms with E-state index in [4.69, 9.17) is 4.55 Å². The van der Waals surface area contributed by atoms with E-state index in [0.717, 1.165) is 18.9 Å². The zero-order valence-electron chi connectivity index (χ0n) is 9.69. The highest BCUT2D eigenvalue weighted by Crippen LogP contribution is 2.16. The molecule has 0 aromatic carbocycles. The summed E-state index contributed by atoms with van der Waals surface area (Å²) in [6.07, 6.45) is 3.21. The second-order valence-corrected chi connectivity index (χ2v) is 5.54. The Kier molecular flexibility index (Phi) is 5.67. The van der Waals surface area contributed by atoms with Crippen molar-refractivity contribution < 1.29 is 17.8 Å². The van der Waals surface area contributed by atoms with Crippen molar-refractivity contribution in [3.8, 4) is 0 Å². The van der Waals surface area contributed by atoms with E-state index in [-0.39, 0.29) is 0 Å². The lowest BCUT2D eigenvalue weighted by Crippen LogP contribution is -2.50. The molecule has 2 N–H and O–H groups in total. The van der Waals surface area contributed by atoms with Gasteiger partial charge >= 0.3 is 0 Å². The van der Waals surface area contributed by atoms with Gasteiger partial charge in [-0.15, -0.1) is 0 Å². The van der Waals surface area contributed by atoms with Crippen LogP contribution in [-0.4, -0.2) is 30.2 Å². The van der Waals surface area contributed by atoms with Crippen molar-refractivity contribution in [2.24, 2.45) is 0 Å². The predicted octanol–water partition coefficient (Wildman–Crippen LogP) is 1.13. The third-order valence-electron chi connectivity index (χ3n) is 2.19. The van der Waals surface area contributed by atoms with E-state index in [1.807, 2.05) is 6.92 Å². The maximum atomic E-state index is 11.2. The fraction of sp³-hybridized carbons (Fsp3) is 0.700. The molecular weight excluding hydrogens is 230 g/mol. The molecule has 0 radical (unpaired) electrons. The van der Waals surface area contributed by atoms with Gasteiger partial charge in [-0.1, -0.05) is 26.3 Å². The van der Waals surface area contributed by atoms with Crippen molar-refractivity contribution in [2.45, 2.75) is 38.6 Å². The van der Waals surface area contributed by atoms with Gasteiger partial charge in [-0.2, -0.15) is 8.42 Å². The summed E-state index contributed by atoms with van der Waals surface area (Å²) >= 11 is 0. The zero-order chi connectivity index (χ0) is 12.8. The molecule has 0 aromatic rings. The van der Waals surface area contributed by atoms with Crippen LogP contribution in [0.25, 0.3) is 0 Å². The van der Waals surface area contributed by atoms with E-state index in [0.29, 0.717) is 6.42 Å². The van der Waals surface area contributed by atoms with Crippen LogP contribution in [0.4, 0.5) is 0 Å². The lowest BCUT2D eigenvalue weighted by molar-refractivity contribution is -0.118. The zero-order valence-corrected chi connectivity index (χ0v) is 10.5. The highest BCUT2D eigenvalue weighted by Gasteiger charge is 2.30. The maximum Gasteiger partial charge on any atom is 0.267 e. The van der Waals surface area contributed by atoms with Crippen LogP contribution in [0.3, 0.4) is 0 Å². The monoisotopic (exact) mass is 249 g/mol. The molecule has 94 valence electrons. The highest BCUT2D eigenvalue weighted by atomic mass is 32.2. The van der Waals surface area contributed by atoms with Gasteiger partial charge in [-0.05, 0) is 19.4 Å². The topological polar surface area (TPSA) is 83.5 Å². The van der Waals surface area contributed by atoms with E-state index >= 15 is 0 Å². The number of hydrogen-bond acceptors (Lipinski definition) is 3. The van der Waals surface area contributed by atoms with E-state index < -0.39 is 27.3 Å². The number of rotatable bonds is 7. The molecule has 0 spiro atoms. The summed E-state index contributed by atoms with van der Waals surface area (Å²) in [6.45, 7) is 6.85. The summed E-state index contributed by atoms with van der Waals surface area (Å²) in [5, 5.41) is 2.54. The summed E-state index contributed by atoms with van der Waals surface area (Å²) in [6, 6.07) is 0. The molecule has 1 atom stereocenters. The number of hydrogen-bond donors (Lipinski definition) is 2. The van der Waals surface area contributed by atoms with Gasteiger partial charge in [0.05, 0.1) is 11.3 Å². The fourth-order valence-corrected chi connectivity index (χ4v) is 2.51. The molecule has 6 heteroatoms. The minimum Gasteiger partial charge on any atom is -0.346 e. The molecule has 0 heterocycles. The summed E-state index contributed by atoms with van der Waals surface area (Å²) in [4.78, 5) is 11.2. The van der Waals surface area contributed by atoms with Crippen LogP contribution >= 0.6 is 0 Å². The van der Waals surface area contributed by atoms with E-state index in [1.165, 1.54) is 0 Å². The van der Waals surface area contributed by atoms with Crippen molar-refractivity contribution in [2.75, 3.05) is 5.75 Å². The number of amides is 1. The van der Waals surface area contributed by atoms with Gasteiger partial charge in [0.15, 0.2) is 0 Å². The largest absolute Gasteiger partial charge is 0.346 e. The van der Waals surface area contributed by atoms with Gasteiger partial charge in [-0.3, -0.25) is 9.35 Å². The normalized spacial score (nSPS) is 15.2. The molecule has 0 bridgehead atoms. The van der Waals surface area contributed by atoms with Crippen molar-refractivity contribution in [1.82, 2.24) is 5.32 Å². The van der Waals surface area contributed by atoms with Crippen molar-refractivity contribution in [3.63, 3.8) is 0 Å². The van der Waals surface area contributed by atoms with Crippen molar-refractivity contribution in [3.05, 3.63) is 12.7 Å². The van der Waals surface area contributed by atoms with Gasteiger partial charge in [0.1, 0.15) is 0 Å². The Labute approximate surface area is 96.7 Å². The third-order valence-corrected chi connectivity index (χ3v) is 3.20. The Balaban J connectivity index is 4.73. The first-order valence-electron chi connectivity index (χ1n) is 5.12. The van der Waals surface area contributed by atoms with Gasteiger partial charge in [0.2, 0.25) is 5.91 Å². The highest BCUT2D eigenvalue weighted by molar-refractivity contribution is 7.85. The number of nitrogens with one attached hydrogen (secondary N) is 1. The molecule has 0 fully saturated rings. The van der Waals surface area contributed by atoms with Gasteiger partial charge in [0.25, 0.3) is 10.1 Å². The van der Waals surface area contributed by atoms with Crippen LogP contribution in [0.15, 0.2) is 12.7 Å². The summed E-state index contributed by atoms with van der Waals surface area (Å²) in [7, 11) is -4.12. The summed E-state index contributed by atoms with van der Waals surface area (Å²) < 4.78 is 30.5. The van der Waals surface area contributed by atoms with E-state index in [2.05, 4.69) is 11.9 Å². The molecule has 0 aliphatic heterocycles. The van der Waals surface area contributed by atoms with Crippen molar-refractivity contribution in [1.29, 1.82) is 0 Å². The lowest BCUT2D eigenvalue weighted by Gasteiger charge is -2.29. The van der Waals surface area contributed by atoms with Crippen LogP contribution < -0.4 is 5.32 Å². The number of unbranched alkanes of at least 4 members (excludes halogenated alkanes) is 1. The van der Waals surface area contributed by atoms with Crippen LogP contribution in [-0.2, 0) is 14.9 Å². The SMILES string of the molecule is C=CC(=O)NC(C)(CCCC)CS(=O)(=O)O. The van der Waals surface area contributed by atoms with Gasteiger partial charge < -0.3 is 5.32 Å². The molecule has 5 nitrogen and oxygen atoms in total. The third kappa shape index (κ3) is 6.58. The quantitative estimate of drug-likeness (QED) is 0.523. The molecule has 16 heavy (non-hydrogen) atoms. The molecule has 0 aliphatic rings. The van der Waals surface area contributed by atoms with Gasteiger partial charge in [0, 0.05) is 0 Å². The number of carbonyl (C=O) groups excluding carboxylic acids is 1. The average Bonchev–Trinajstić information content (AvgIpc) is 2.11. The average molecular weight is 249 g/mol. The summed E-state index contributed by atoms with van der Waals surface area (Å²) in [5.41, 5.74) is -0.950. The summed E-state index contributed by atoms with van der Waals surface area (Å²) in [5.74, 6) is -0.929. The predicted molar refractivity (Wildman–Crippen MR) is 62.7 cm³/mol. The lowest BCUT2D eigenvalue weighted by atomic mass is 9.97. The van der Waals surface area contributed by atoms with E-state index in [9.17, 15) is 13.2 Å². The standard InChI is InChI=1S/C10H19NO4S/c1-4-6-7-10(3,8-16(13,14)15)11-9(12)5-2/h5H,2,4,6-8H2,1,3H3,(H,11,12)(H,13,14,15). The Morgan fingerprint density at radius 3 is 2.50 bits per heavy atom. The first-order valence-corrected chi connectivity index (χ1v) is 6.73. The van der Waals surface area contributed by atoms with Gasteiger partial charge in [-0.25, -0.2) is 0 Å². The molecule has 0 saturated heterocycles. The molecule has 0 rings (SSSR count). The van der Waals surface area contributed by atoms with Crippen LogP contribution in [0.2, 0.25) is 0 Å². The van der Waals surface area contributed by atoms with E-state index in [1.54, 1.807) is 6.92 Å². The van der Waals surface area contributed by atoms with Crippen LogP contribution in [0.5, 0.6) is 0 Å². The molecule has 0 aliphatic carbocycles. The Morgan fingerprint density at radius 2 is 2.12 bits per heavy atom. The molecular formula is C10H19NO4S. The molecule has 0 saturated carbocycles. The smallest absolute Gasteiger partial charge is 0.267 e. The van der Waals surface area contributed by atoms with Crippen molar-refractivity contribution >= 4 is 16.0 Å². The first-order chi connectivity index (χ1) is 7.22. The fourth-order valence-electron chi connectivity index (χ4n) is 1.49. The Morgan fingerprint density at radius 1 is 1.56 bits per heavy atom. The number of carbonyl (C=O) groups is 1. The maximum absolute atomic E-state index is 11.2. The Hall–Kier alpha value is -0.880. The minimum atomic E-state index is -4.12. The minimum absolute atomic E-state index is 0.442. The molecule has 1 unspecified atom stereocenters.